The van der Waals surface area contributed by atoms with Crippen molar-refractivity contribution in [2.45, 2.75) is 31.1 Å². The molecule has 0 heterocycles. The lowest BCUT2D eigenvalue weighted by atomic mass is 10.1. The minimum Gasteiger partial charge on any atom is -0.469 e. The van der Waals surface area contributed by atoms with E-state index in [2.05, 4.69) is 6.07 Å². The molecule has 1 aliphatic rings. The van der Waals surface area contributed by atoms with Gasteiger partial charge in [0.1, 0.15) is 6.07 Å². The molecule has 19 heavy (non-hydrogen) atoms. The molecule has 1 aromatic rings. The summed E-state index contributed by atoms with van der Waals surface area (Å²) < 4.78 is 4.74. The molecule has 1 aliphatic carbocycles. The Morgan fingerprint density at radius 2 is 2.26 bits per heavy atom. The molecule has 0 atom stereocenters. The topological polar surface area (TPSA) is 50.1 Å². The molecule has 0 N–H and O–H groups in total. The van der Waals surface area contributed by atoms with Crippen molar-refractivity contribution in [1.82, 2.24) is 0 Å². The van der Waals surface area contributed by atoms with Gasteiger partial charge < -0.3 is 4.74 Å². The first-order chi connectivity index (χ1) is 9.08. The molecule has 1 saturated carbocycles. The van der Waals surface area contributed by atoms with E-state index in [9.17, 15) is 4.79 Å². The van der Waals surface area contributed by atoms with Crippen LogP contribution >= 0.6 is 11.8 Å². The molecule has 0 saturated heterocycles. The van der Waals surface area contributed by atoms with Gasteiger partial charge in [-0.2, -0.15) is 5.26 Å². The summed E-state index contributed by atoms with van der Waals surface area (Å²) in [5, 5.41) is 9.13. The van der Waals surface area contributed by atoms with Crippen LogP contribution in [0.2, 0.25) is 0 Å². The number of thioether (sulfide) groups is 1. The first kappa shape index (κ1) is 14.0. The van der Waals surface area contributed by atoms with Crippen LogP contribution < -0.4 is 0 Å². The quantitative estimate of drug-likeness (QED) is 0.611. The molecule has 0 aromatic heterocycles. The molecule has 0 amide bonds. The highest BCUT2D eigenvalue weighted by atomic mass is 32.2. The summed E-state index contributed by atoms with van der Waals surface area (Å²) in [7, 11) is 1.43. The number of nitriles is 1. The first-order valence-corrected chi connectivity index (χ1v) is 7.27. The van der Waals surface area contributed by atoms with Gasteiger partial charge in [0, 0.05) is 10.6 Å². The van der Waals surface area contributed by atoms with Crippen LogP contribution in [0.3, 0.4) is 0 Å². The summed E-state index contributed by atoms with van der Waals surface area (Å²) in [6.07, 6.45) is 2.63. The average Bonchev–Trinajstić information content (AvgIpc) is 3.17. The molecule has 0 spiro atoms. The molecule has 1 fully saturated rings. The molecular weight excluding hydrogens is 258 g/mol. The second kappa shape index (κ2) is 5.66. The van der Waals surface area contributed by atoms with Gasteiger partial charge in [-0.25, -0.2) is 0 Å². The fourth-order valence-corrected chi connectivity index (χ4v) is 3.29. The van der Waals surface area contributed by atoms with Crippen LogP contribution in [-0.2, 0) is 9.53 Å². The molecular formula is C15H17NO2S. The summed E-state index contributed by atoms with van der Waals surface area (Å²) in [5.41, 5.74) is 1.91. The SMILES string of the molecule is COC(=O)CC1(CSc2ccc(C)cc2C#N)CC1. The van der Waals surface area contributed by atoms with Gasteiger partial charge in [-0.1, -0.05) is 6.07 Å². The fourth-order valence-electron chi connectivity index (χ4n) is 2.02. The van der Waals surface area contributed by atoms with E-state index in [1.807, 2.05) is 25.1 Å². The van der Waals surface area contributed by atoms with Crippen molar-refractivity contribution >= 4 is 17.7 Å². The number of hydrogen-bond donors (Lipinski definition) is 0. The van der Waals surface area contributed by atoms with Gasteiger partial charge in [0.05, 0.1) is 19.1 Å². The highest BCUT2D eigenvalue weighted by Gasteiger charge is 2.44. The van der Waals surface area contributed by atoms with Gasteiger partial charge in [0.25, 0.3) is 0 Å². The first-order valence-electron chi connectivity index (χ1n) is 6.29. The summed E-state index contributed by atoms with van der Waals surface area (Å²) in [4.78, 5) is 12.4. The largest absolute Gasteiger partial charge is 0.469 e. The lowest BCUT2D eigenvalue weighted by Gasteiger charge is -2.13. The van der Waals surface area contributed by atoms with E-state index < -0.39 is 0 Å². The van der Waals surface area contributed by atoms with Gasteiger partial charge >= 0.3 is 5.97 Å². The lowest BCUT2D eigenvalue weighted by molar-refractivity contribution is -0.141. The smallest absolute Gasteiger partial charge is 0.306 e. The number of esters is 1. The maximum Gasteiger partial charge on any atom is 0.306 e. The van der Waals surface area contributed by atoms with E-state index in [0.717, 1.165) is 34.6 Å². The summed E-state index contributed by atoms with van der Waals surface area (Å²) in [5.74, 6) is 0.738. The highest BCUT2D eigenvalue weighted by molar-refractivity contribution is 7.99. The van der Waals surface area contributed by atoms with Crippen LogP contribution in [0.25, 0.3) is 0 Å². The zero-order valence-corrected chi connectivity index (χ0v) is 12.0. The monoisotopic (exact) mass is 275 g/mol. The number of benzene rings is 1. The minimum absolute atomic E-state index is 0.0926. The third kappa shape index (κ3) is 3.51. The van der Waals surface area contributed by atoms with Crippen LogP contribution in [0.1, 0.15) is 30.4 Å². The van der Waals surface area contributed by atoms with Crippen molar-refractivity contribution in [2.75, 3.05) is 12.9 Å². The second-order valence-corrected chi connectivity index (χ2v) is 6.17. The molecule has 2 rings (SSSR count). The van der Waals surface area contributed by atoms with Crippen molar-refractivity contribution in [2.24, 2.45) is 5.41 Å². The van der Waals surface area contributed by atoms with E-state index >= 15 is 0 Å². The van der Waals surface area contributed by atoms with E-state index in [1.54, 1.807) is 11.8 Å². The van der Waals surface area contributed by atoms with Gasteiger partial charge in [-0.15, -0.1) is 11.8 Å². The third-order valence-corrected chi connectivity index (χ3v) is 4.92. The number of carbonyl (C=O) groups is 1. The predicted octanol–water partition coefficient (Wildman–Crippen LogP) is 3.30. The maximum absolute atomic E-state index is 11.4. The number of ether oxygens (including phenoxy) is 1. The van der Waals surface area contributed by atoms with Crippen molar-refractivity contribution in [3.8, 4) is 6.07 Å². The predicted molar refractivity (Wildman–Crippen MR) is 74.9 cm³/mol. The van der Waals surface area contributed by atoms with Crippen LogP contribution in [0.4, 0.5) is 0 Å². The average molecular weight is 275 g/mol. The van der Waals surface area contributed by atoms with Gasteiger partial charge in [-0.05, 0) is 42.9 Å². The zero-order chi connectivity index (χ0) is 13.9. The standard InChI is InChI=1S/C15H17NO2S/c1-11-3-4-13(12(7-11)9-16)19-10-15(5-6-15)8-14(17)18-2/h3-4,7H,5-6,8,10H2,1-2H3. The second-order valence-electron chi connectivity index (χ2n) is 5.15. The number of carbonyl (C=O) groups excluding carboxylic acids is 1. The number of aryl methyl sites for hydroxylation is 1. The van der Waals surface area contributed by atoms with Gasteiger partial charge in [0.15, 0.2) is 0 Å². The Morgan fingerprint density at radius 3 is 2.84 bits per heavy atom. The van der Waals surface area contributed by atoms with Crippen molar-refractivity contribution in [1.29, 1.82) is 5.26 Å². The van der Waals surface area contributed by atoms with Crippen LogP contribution in [-0.4, -0.2) is 18.8 Å². The van der Waals surface area contributed by atoms with Crippen LogP contribution in [0, 0.1) is 23.7 Å². The molecule has 1 aromatic carbocycles. The van der Waals surface area contributed by atoms with Gasteiger partial charge in [-0.3, -0.25) is 4.79 Å². The highest BCUT2D eigenvalue weighted by Crippen LogP contribution is 2.52. The molecule has 0 aliphatic heterocycles. The fraction of sp³-hybridized carbons (Fsp3) is 0.467. The number of hydrogen-bond acceptors (Lipinski definition) is 4. The number of nitrogens with zero attached hydrogens (tertiary/aromatic N) is 1. The molecule has 3 nitrogen and oxygen atoms in total. The Labute approximate surface area is 118 Å². The Kier molecular flexibility index (Phi) is 4.16. The van der Waals surface area contributed by atoms with Crippen molar-refractivity contribution in [3.05, 3.63) is 29.3 Å². The Bertz CT molecular complexity index is 529. The molecule has 100 valence electrons. The lowest BCUT2D eigenvalue weighted by Crippen LogP contribution is -2.13. The zero-order valence-electron chi connectivity index (χ0n) is 11.2. The van der Waals surface area contributed by atoms with Crippen LogP contribution in [0.15, 0.2) is 23.1 Å². The summed E-state index contributed by atoms with van der Waals surface area (Å²) in [6, 6.07) is 8.15. The van der Waals surface area contributed by atoms with Crippen LogP contribution in [0.5, 0.6) is 0 Å². The molecule has 0 unspecified atom stereocenters. The Hall–Kier alpha value is -1.47. The van der Waals surface area contributed by atoms with E-state index in [0.29, 0.717) is 6.42 Å². The summed E-state index contributed by atoms with van der Waals surface area (Å²) >= 11 is 1.67. The van der Waals surface area contributed by atoms with Crippen molar-refractivity contribution in [3.63, 3.8) is 0 Å². The molecule has 0 radical (unpaired) electrons. The Balaban J connectivity index is 2.00. The molecule has 0 bridgehead atoms. The summed E-state index contributed by atoms with van der Waals surface area (Å²) in [6.45, 7) is 1.98. The van der Waals surface area contributed by atoms with E-state index in [4.69, 9.17) is 10.00 Å². The molecule has 4 heteroatoms. The van der Waals surface area contributed by atoms with Gasteiger partial charge in [0.2, 0.25) is 0 Å². The van der Waals surface area contributed by atoms with E-state index in [-0.39, 0.29) is 11.4 Å². The Morgan fingerprint density at radius 1 is 1.53 bits per heavy atom. The maximum atomic E-state index is 11.4. The minimum atomic E-state index is -0.137. The van der Waals surface area contributed by atoms with E-state index in [1.165, 1.54) is 7.11 Å². The van der Waals surface area contributed by atoms with Crippen molar-refractivity contribution < 1.29 is 9.53 Å². The normalized spacial score (nSPS) is 15.6. The number of methoxy groups -OCH3 is 1. The third-order valence-electron chi connectivity index (χ3n) is 3.49. The number of rotatable bonds is 5.